The predicted molar refractivity (Wildman–Crippen MR) is 312 cm³/mol. The van der Waals surface area contributed by atoms with E-state index in [0.717, 1.165) is 84.6 Å². The smallest absolute Gasteiger partial charge is 0.132 e. The summed E-state index contributed by atoms with van der Waals surface area (Å²) >= 11 is 0. The van der Waals surface area contributed by atoms with Crippen molar-refractivity contribution >= 4 is 17.1 Å². The fraction of sp³-hybridized carbons (Fsp3) is 0.0270. The predicted octanol–water partition coefficient (Wildman–Crippen LogP) is 19.1. The van der Waals surface area contributed by atoms with E-state index in [1.165, 1.54) is 55.6 Å². The number of hydrogen-bond acceptors (Lipinski definition) is 3. The molecule has 12 aromatic rings. The van der Waals surface area contributed by atoms with Gasteiger partial charge in [0.1, 0.15) is 23.0 Å². The van der Waals surface area contributed by atoms with Gasteiger partial charge in [0.25, 0.3) is 0 Å². The molecule has 3 nitrogen and oxygen atoms in total. The summed E-state index contributed by atoms with van der Waals surface area (Å²) in [5.41, 5.74) is 23.7. The molecule has 77 heavy (non-hydrogen) atoms. The first-order valence-corrected chi connectivity index (χ1v) is 26.6. The molecule has 2 aliphatic carbocycles. The topological polar surface area (TPSA) is 21.7 Å². The van der Waals surface area contributed by atoms with Crippen LogP contribution in [0.25, 0.3) is 55.6 Å². The highest BCUT2D eigenvalue weighted by Crippen LogP contribution is 2.64. The fourth-order valence-electron chi connectivity index (χ4n) is 13.7. The van der Waals surface area contributed by atoms with Gasteiger partial charge in [0.05, 0.1) is 22.2 Å². The molecule has 2 spiro atoms. The SMILES string of the molecule is c1ccc(-c2ccccc2N(c2ccc(-c3ccc4c(c3)-c3ccccc3C43c4ccccc4Oc4ccccc43)cc2)c2ccccc2-c2ccc3c(c2)C2(c4ccccc4Oc4ccccc42)c2ccccc2-3)cc1. The molecule has 12 aromatic carbocycles. The first kappa shape index (κ1) is 43.4. The van der Waals surface area contributed by atoms with Crippen molar-refractivity contribution in [2.75, 3.05) is 4.90 Å². The van der Waals surface area contributed by atoms with Crippen molar-refractivity contribution in [2.24, 2.45) is 0 Å². The second-order valence-corrected chi connectivity index (χ2v) is 20.6. The minimum atomic E-state index is -0.586. The van der Waals surface area contributed by atoms with Gasteiger partial charge in [-0.3, -0.25) is 0 Å². The maximum absolute atomic E-state index is 6.71. The van der Waals surface area contributed by atoms with E-state index < -0.39 is 10.8 Å². The molecule has 2 aliphatic heterocycles. The van der Waals surface area contributed by atoms with E-state index in [9.17, 15) is 0 Å². The van der Waals surface area contributed by atoms with Gasteiger partial charge in [0.15, 0.2) is 0 Å². The number of anilines is 3. The molecule has 0 aromatic heterocycles. The number of ether oxygens (including phenoxy) is 2. The Morgan fingerprint density at radius 1 is 0.221 bits per heavy atom. The molecule has 0 saturated heterocycles. The number of para-hydroxylation sites is 6. The van der Waals surface area contributed by atoms with Crippen LogP contribution in [0.3, 0.4) is 0 Å². The molecule has 3 heteroatoms. The van der Waals surface area contributed by atoms with Crippen molar-refractivity contribution in [3.63, 3.8) is 0 Å². The molecule has 0 unspecified atom stereocenters. The van der Waals surface area contributed by atoms with Crippen LogP contribution in [0, 0.1) is 0 Å². The Morgan fingerprint density at radius 2 is 0.597 bits per heavy atom. The zero-order chi connectivity index (χ0) is 50.7. The molecule has 2 heterocycles. The Labute approximate surface area is 448 Å². The summed E-state index contributed by atoms with van der Waals surface area (Å²) in [4.78, 5) is 2.46. The van der Waals surface area contributed by atoms with Gasteiger partial charge in [0, 0.05) is 39.1 Å². The first-order valence-electron chi connectivity index (χ1n) is 26.6. The number of rotatable bonds is 6. The maximum atomic E-state index is 6.71. The van der Waals surface area contributed by atoms with E-state index in [1.807, 2.05) is 0 Å². The highest BCUT2D eigenvalue weighted by atomic mass is 16.5. The Morgan fingerprint density at radius 3 is 1.14 bits per heavy atom. The van der Waals surface area contributed by atoms with E-state index in [4.69, 9.17) is 9.47 Å². The van der Waals surface area contributed by atoms with Gasteiger partial charge in [-0.25, -0.2) is 0 Å². The summed E-state index contributed by atoms with van der Waals surface area (Å²) in [5.74, 6) is 3.57. The second kappa shape index (κ2) is 16.8. The number of hydrogen-bond donors (Lipinski definition) is 0. The summed E-state index contributed by atoms with van der Waals surface area (Å²) < 4.78 is 13.3. The highest BCUT2D eigenvalue weighted by molar-refractivity contribution is 5.97. The van der Waals surface area contributed by atoms with Gasteiger partial charge in [-0.15, -0.1) is 0 Å². The van der Waals surface area contributed by atoms with Crippen LogP contribution in [-0.2, 0) is 10.8 Å². The summed E-state index contributed by atoms with van der Waals surface area (Å²) in [6.07, 6.45) is 0. The van der Waals surface area contributed by atoms with E-state index in [0.29, 0.717) is 0 Å². The minimum absolute atomic E-state index is 0.511. The summed E-state index contributed by atoms with van der Waals surface area (Å²) in [7, 11) is 0. The standard InChI is InChI=1S/C74H47NO2/c1-2-20-49(21-3-1)53-22-6-14-32-67(53)75(52-42-38-48(39-43-52)50-41-45-61-58(46-50)56-25-5-9-27-60(56)73(61)62-28-10-16-34-69(62)76-70-35-17-11-29-63(70)73)68-33-15-7-23-54(68)51-40-44-57-55-24-4-8-26-59(55)74(66(57)47-51)64-30-12-18-36-71(64)77-72-37-19-13-31-65(72)74/h1-47H. The molecule has 0 fully saturated rings. The van der Waals surface area contributed by atoms with E-state index >= 15 is 0 Å². The molecule has 0 radical (unpaired) electrons. The maximum Gasteiger partial charge on any atom is 0.132 e. The molecule has 0 atom stereocenters. The minimum Gasteiger partial charge on any atom is -0.457 e. The van der Waals surface area contributed by atoms with Gasteiger partial charge < -0.3 is 14.4 Å². The Hall–Kier alpha value is -9.96. The van der Waals surface area contributed by atoms with Gasteiger partial charge in [-0.05, 0) is 127 Å². The van der Waals surface area contributed by atoms with Crippen molar-refractivity contribution < 1.29 is 9.47 Å². The Balaban J connectivity index is 0.860. The van der Waals surface area contributed by atoms with Crippen molar-refractivity contribution in [1.82, 2.24) is 0 Å². The first-order chi connectivity index (χ1) is 38.2. The van der Waals surface area contributed by atoms with Gasteiger partial charge in [0.2, 0.25) is 0 Å². The number of fused-ring (bicyclic) bond motifs is 18. The van der Waals surface area contributed by atoms with Crippen LogP contribution in [0.15, 0.2) is 285 Å². The number of nitrogens with zero attached hydrogens (tertiary/aromatic N) is 1. The molecule has 360 valence electrons. The Bertz CT molecular complexity index is 4270. The third kappa shape index (κ3) is 6.14. The van der Waals surface area contributed by atoms with Crippen LogP contribution in [-0.4, -0.2) is 0 Å². The quantitative estimate of drug-likeness (QED) is 0.166. The van der Waals surface area contributed by atoms with Gasteiger partial charge in [-0.2, -0.15) is 0 Å². The number of benzene rings is 12. The lowest BCUT2D eigenvalue weighted by Crippen LogP contribution is -2.32. The molecular weight excluding hydrogens is 935 g/mol. The van der Waals surface area contributed by atoms with Crippen LogP contribution in [0.5, 0.6) is 23.0 Å². The lowest BCUT2D eigenvalue weighted by molar-refractivity contribution is 0.436. The zero-order valence-corrected chi connectivity index (χ0v) is 41.9. The third-order valence-electron chi connectivity index (χ3n) is 16.8. The van der Waals surface area contributed by atoms with E-state index in [2.05, 4.69) is 290 Å². The van der Waals surface area contributed by atoms with Crippen molar-refractivity contribution in [2.45, 2.75) is 10.8 Å². The molecule has 0 bridgehead atoms. The van der Waals surface area contributed by atoms with Crippen molar-refractivity contribution in [3.8, 4) is 78.6 Å². The Kier molecular flexibility index (Phi) is 9.47. The monoisotopic (exact) mass is 981 g/mol. The highest BCUT2D eigenvalue weighted by Gasteiger charge is 2.52. The van der Waals surface area contributed by atoms with Gasteiger partial charge >= 0.3 is 0 Å². The van der Waals surface area contributed by atoms with E-state index in [-0.39, 0.29) is 0 Å². The third-order valence-corrected chi connectivity index (χ3v) is 16.8. The second-order valence-electron chi connectivity index (χ2n) is 20.6. The summed E-state index contributed by atoms with van der Waals surface area (Å²) in [5, 5.41) is 0. The molecule has 0 N–H and O–H groups in total. The van der Waals surface area contributed by atoms with Crippen LogP contribution >= 0.6 is 0 Å². The summed E-state index contributed by atoms with van der Waals surface area (Å²) in [6, 6.07) is 104. The average molecular weight is 982 g/mol. The molecule has 0 saturated carbocycles. The average Bonchev–Trinajstić information content (AvgIpc) is 3.98. The fourth-order valence-corrected chi connectivity index (χ4v) is 13.7. The van der Waals surface area contributed by atoms with Crippen molar-refractivity contribution in [1.29, 1.82) is 0 Å². The van der Waals surface area contributed by atoms with Crippen LogP contribution in [0.1, 0.15) is 44.5 Å². The lowest BCUT2D eigenvalue weighted by atomic mass is 9.66. The molecule has 4 aliphatic rings. The largest absolute Gasteiger partial charge is 0.457 e. The van der Waals surface area contributed by atoms with Gasteiger partial charge in [-0.1, -0.05) is 224 Å². The van der Waals surface area contributed by atoms with E-state index in [1.54, 1.807) is 0 Å². The van der Waals surface area contributed by atoms with Crippen LogP contribution in [0.2, 0.25) is 0 Å². The molecule has 16 rings (SSSR count). The van der Waals surface area contributed by atoms with Crippen molar-refractivity contribution in [3.05, 3.63) is 330 Å². The van der Waals surface area contributed by atoms with Crippen LogP contribution in [0.4, 0.5) is 17.1 Å². The van der Waals surface area contributed by atoms with Crippen LogP contribution < -0.4 is 14.4 Å². The lowest BCUT2D eigenvalue weighted by Gasteiger charge is -2.39. The molecule has 0 amide bonds. The zero-order valence-electron chi connectivity index (χ0n) is 41.9. The normalized spacial score (nSPS) is 13.9. The molecular formula is C74H47NO2. The summed E-state index contributed by atoms with van der Waals surface area (Å²) in [6.45, 7) is 0.